The highest BCUT2D eigenvalue weighted by Gasteiger charge is 2.47. The van der Waals surface area contributed by atoms with E-state index in [9.17, 15) is 44.7 Å². The summed E-state index contributed by atoms with van der Waals surface area (Å²) in [6.07, 6.45) is 17.3. The molecule has 0 radical (unpaired) electrons. The van der Waals surface area contributed by atoms with Crippen molar-refractivity contribution in [1.29, 1.82) is 0 Å². The Morgan fingerprint density at radius 1 is 0.795 bits per heavy atom. The van der Waals surface area contributed by atoms with Gasteiger partial charge in [-0.2, -0.15) is 21.4 Å². The molecule has 2 atom stereocenters. The van der Waals surface area contributed by atoms with E-state index < -0.39 is 42.3 Å². The van der Waals surface area contributed by atoms with E-state index in [1.165, 1.54) is 30.3 Å². The third-order valence-electron chi connectivity index (χ3n) is 18.3. The van der Waals surface area contributed by atoms with Crippen LogP contribution in [-0.4, -0.2) is 120 Å². The monoisotopic (exact) mass is 1190 g/mol. The van der Waals surface area contributed by atoms with E-state index in [4.69, 9.17) is 16.3 Å². The van der Waals surface area contributed by atoms with E-state index in [1.54, 1.807) is 40.1 Å². The van der Waals surface area contributed by atoms with Gasteiger partial charge in [0.2, 0.25) is 17.5 Å². The molecule has 4 aliphatic heterocycles. The molecule has 1 aliphatic carbocycles. The molecular weight excluding hydrogens is 1120 g/mol. The van der Waals surface area contributed by atoms with Crippen molar-refractivity contribution in [3.63, 3.8) is 0 Å². The van der Waals surface area contributed by atoms with Crippen molar-refractivity contribution in [2.75, 3.05) is 45.9 Å². The molecule has 0 saturated carbocycles. The van der Waals surface area contributed by atoms with Crippen molar-refractivity contribution in [2.45, 2.75) is 137 Å². The number of unbranched alkanes of at least 4 members (excludes halogenated alkanes) is 2. The number of likely N-dealkylation sites (tertiary alicyclic amines) is 2. The van der Waals surface area contributed by atoms with E-state index in [-0.39, 0.29) is 39.5 Å². The van der Waals surface area contributed by atoms with E-state index in [1.807, 2.05) is 82.5 Å². The Hall–Kier alpha value is -6.28. The summed E-state index contributed by atoms with van der Waals surface area (Å²) >= 11 is 6.50. The lowest BCUT2D eigenvalue weighted by molar-refractivity contribution is -0.438. The number of fused-ring (bicyclic) bond motifs is 3. The lowest BCUT2D eigenvalue weighted by Crippen LogP contribution is -2.55. The fourth-order valence-corrected chi connectivity index (χ4v) is 14.7. The highest BCUT2D eigenvalue weighted by Crippen LogP contribution is 2.51. The maximum absolute atomic E-state index is 14.7. The minimum Gasteiger partial charge on any atom is -0.381 e. The molecule has 10 rings (SSSR count). The van der Waals surface area contributed by atoms with Crippen LogP contribution < -0.4 is 5.32 Å². The van der Waals surface area contributed by atoms with E-state index in [0.717, 1.165) is 90.0 Å². The average Bonchev–Trinajstić information content (AvgIpc) is 2.28. The second kappa shape index (κ2) is 23.6. The first kappa shape index (κ1) is 59.9. The number of carbonyl (C=O) groups is 3. The Bertz CT molecular complexity index is 3720. The zero-order valence-electron chi connectivity index (χ0n) is 47.7. The maximum atomic E-state index is 14.7. The molecule has 83 heavy (non-hydrogen) atoms. The van der Waals surface area contributed by atoms with E-state index in [0.29, 0.717) is 86.9 Å². The molecule has 1 unspecified atom stereocenters. The predicted molar refractivity (Wildman–Crippen MR) is 318 cm³/mol. The number of carbonyl (C=O) groups excluding carboxylic acids is 3. The first-order valence-corrected chi connectivity index (χ1v) is 32.1. The lowest BCUT2D eigenvalue weighted by atomic mass is 9.71. The molecule has 4 aromatic carbocycles. The summed E-state index contributed by atoms with van der Waals surface area (Å²) in [5.74, 6) is -0.303. The van der Waals surface area contributed by atoms with Crippen molar-refractivity contribution < 1.29 is 54.0 Å². The third kappa shape index (κ3) is 12.2. The highest BCUT2D eigenvalue weighted by atomic mass is 35.5. The van der Waals surface area contributed by atoms with Gasteiger partial charge in [-0.05, 0) is 136 Å². The van der Waals surface area contributed by atoms with Crippen LogP contribution in [0.3, 0.4) is 0 Å². The SMILES string of the molecule is CC1/C(=C/C=C/C=C/C2=[N+](CCCCCC(=O)N3CC[C@@H](NC(=O)C4(c5ccc(F)cc5)CCN(C(=O)c5cn(CC6CCOCC6)c6ccc(Cl)cc56)CC4)C3)c3ccc(S(=O)(=O)O)cc3C2(C)C)C(C)(C)c2cc(S(=O)(=O)O)ccc21. The fourth-order valence-electron chi connectivity index (χ4n) is 13.5. The number of benzene rings is 4. The Kier molecular flexibility index (Phi) is 17.1. The quantitative estimate of drug-likeness (QED) is 0.0349. The number of piperidine rings is 1. The number of rotatable bonds is 17. The second-order valence-corrected chi connectivity index (χ2v) is 27.4. The summed E-state index contributed by atoms with van der Waals surface area (Å²) in [4.78, 5) is 46.1. The molecule has 5 aromatic rings. The van der Waals surface area contributed by atoms with Crippen LogP contribution in [0.5, 0.6) is 0 Å². The number of aromatic nitrogens is 1. The van der Waals surface area contributed by atoms with Crippen molar-refractivity contribution in [1.82, 2.24) is 19.7 Å². The first-order chi connectivity index (χ1) is 39.4. The van der Waals surface area contributed by atoms with Crippen molar-refractivity contribution in [2.24, 2.45) is 5.92 Å². The number of hydrogen-bond donors (Lipinski definition) is 3. The summed E-state index contributed by atoms with van der Waals surface area (Å²) in [5, 5.41) is 4.60. The first-order valence-electron chi connectivity index (χ1n) is 28.8. The standard InChI is InChI=1S/C64H73ClFN5O10S2/c1-42-50-22-20-48(82(75,76)77)37-54(50)62(2,3)53(42)12-8-6-9-13-58-63(4,5)55-38-49(83(78,79)80)21-24-57(55)71(58)30-11-7-10-14-59(72)69-31-25-47(40-69)67-61(74)64(44-15-18-46(66)19-16-44)28-32-68(33-29-64)60(73)52-41-70(39-43-26-34-81-35-27-43)56-23-17-45(65)36-51(52)56/h6,8-9,12-13,15-24,36-38,41-43,47H,7,10-11,14,25-35,39-40H2,1-5H3,(H2-,67,74,75,76,77,78,79,80)/p+1/b8-6+,13-9+,53-12-/t42?,47-/m1/s1. The van der Waals surface area contributed by atoms with Gasteiger partial charge in [0, 0.05) is 116 Å². The van der Waals surface area contributed by atoms with Crippen LogP contribution in [0.4, 0.5) is 10.1 Å². The Morgan fingerprint density at radius 3 is 2.18 bits per heavy atom. The summed E-state index contributed by atoms with van der Waals surface area (Å²) < 4.78 is 92.5. The van der Waals surface area contributed by atoms with E-state index >= 15 is 0 Å². The van der Waals surface area contributed by atoms with Crippen LogP contribution in [0.2, 0.25) is 5.02 Å². The summed E-state index contributed by atoms with van der Waals surface area (Å²) in [7, 11) is -8.83. The molecule has 1 aromatic heterocycles. The molecule has 15 nitrogen and oxygen atoms in total. The van der Waals surface area contributed by atoms with Gasteiger partial charge in [-0.1, -0.05) is 80.4 Å². The Balaban J connectivity index is 0.763. The van der Waals surface area contributed by atoms with Crippen LogP contribution in [0.1, 0.15) is 131 Å². The molecule has 3 fully saturated rings. The van der Waals surface area contributed by atoms with Crippen molar-refractivity contribution in [3.05, 3.63) is 160 Å². The minimum atomic E-state index is -4.47. The van der Waals surface area contributed by atoms with Gasteiger partial charge >= 0.3 is 0 Å². The minimum absolute atomic E-state index is 0.00155. The molecule has 3 saturated heterocycles. The van der Waals surface area contributed by atoms with Crippen LogP contribution in [-0.2, 0) is 57.4 Å². The summed E-state index contributed by atoms with van der Waals surface area (Å²) in [6, 6.07) is 20.8. The number of nitrogens with zero attached hydrogens (tertiary/aromatic N) is 4. The van der Waals surface area contributed by atoms with Crippen molar-refractivity contribution in [3.8, 4) is 0 Å². The molecular formula is C64H74ClFN5O10S2+. The van der Waals surface area contributed by atoms with Gasteiger partial charge < -0.3 is 24.4 Å². The Labute approximate surface area is 491 Å². The number of ether oxygens (including phenoxy) is 1. The molecule has 0 spiro atoms. The maximum Gasteiger partial charge on any atom is 0.294 e. The second-order valence-electron chi connectivity index (χ2n) is 24.2. The smallest absolute Gasteiger partial charge is 0.294 e. The molecule has 0 bridgehead atoms. The van der Waals surface area contributed by atoms with E-state index in [2.05, 4.69) is 21.4 Å². The predicted octanol–water partition coefficient (Wildman–Crippen LogP) is 11.0. The third-order valence-corrected chi connectivity index (χ3v) is 20.3. The highest BCUT2D eigenvalue weighted by molar-refractivity contribution is 7.86. The fraction of sp³-hybridized carbons (Fsp3) is 0.438. The molecule has 3 amide bonds. The van der Waals surface area contributed by atoms with Gasteiger partial charge in [-0.3, -0.25) is 23.5 Å². The number of amides is 3. The average molecular weight is 1190 g/mol. The van der Waals surface area contributed by atoms with Gasteiger partial charge in [0.1, 0.15) is 12.4 Å². The van der Waals surface area contributed by atoms with Crippen molar-refractivity contribution >= 4 is 71.9 Å². The van der Waals surface area contributed by atoms with Crippen LogP contribution in [0.25, 0.3) is 10.9 Å². The molecule has 5 aliphatic rings. The largest absolute Gasteiger partial charge is 0.381 e. The van der Waals surface area contributed by atoms with Gasteiger partial charge in [0.15, 0.2) is 5.71 Å². The number of nitrogens with one attached hydrogen (secondary N) is 1. The summed E-state index contributed by atoms with van der Waals surface area (Å²) in [5.41, 5.74) is 5.43. The van der Waals surface area contributed by atoms with Gasteiger partial charge in [0.05, 0.1) is 26.2 Å². The van der Waals surface area contributed by atoms with Gasteiger partial charge in [-0.15, -0.1) is 0 Å². The van der Waals surface area contributed by atoms with Gasteiger partial charge in [0.25, 0.3) is 26.1 Å². The van der Waals surface area contributed by atoms with Crippen LogP contribution in [0.15, 0.2) is 131 Å². The van der Waals surface area contributed by atoms with Gasteiger partial charge in [-0.25, -0.2) is 4.39 Å². The number of hydrogen-bond acceptors (Lipinski definition) is 8. The van der Waals surface area contributed by atoms with Crippen LogP contribution >= 0.6 is 11.6 Å². The van der Waals surface area contributed by atoms with Crippen LogP contribution in [0, 0.1) is 11.7 Å². The summed E-state index contributed by atoms with van der Waals surface area (Å²) in [6.45, 7) is 14.4. The Morgan fingerprint density at radius 2 is 1.48 bits per heavy atom. The molecule has 440 valence electrons. The molecule has 3 N–H and O–H groups in total. The topological polar surface area (TPSA) is 196 Å². The lowest BCUT2D eigenvalue weighted by Gasteiger charge is -2.41. The number of halogens is 2. The molecule has 5 heterocycles. The zero-order chi connectivity index (χ0) is 59.2. The number of allylic oxidation sites excluding steroid dienone is 6. The molecule has 19 heteroatoms. The zero-order valence-corrected chi connectivity index (χ0v) is 50.1. The normalized spacial score (nSPS) is 21.2.